The first-order chi connectivity index (χ1) is 26.0. The van der Waals surface area contributed by atoms with Gasteiger partial charge in [-0.2, -0.15) is 0 Å². The standard InChI is InChI=1S/C25H33N3O6.C16H22O5/c1-5-33-23(30)25(2,3)34-20-14-12-18(13-15-20)8-7-11-22(29)27-28(24(26)31)17-19-9-6-10-21(16-19)32-4;1-4-20-15(19)16(2,3)21-13-10-8-12(9-11-13)6-5-7-14(17)18/h6,9-10,12-16H,5,7-8,11,17H2,1-4H3,(H2,26,31)(H,27,29);8-11H,4-7H2,1-3H3,(H,17,18). The van der Waals surface area contributed by atoms with E-state index in [0.717, 1.165) is 21.7 Å². The van der Waals surface area contributed by atoms with Crippen LogP contribution >= 0.6 is 0 Å². The van der Waals surface area contributed by atoms with Crippen LogP contribution in [0.25, 0.3) is 0 Å². The number of urea groups is 1. The summed E-state index contributed by atoms with van der Waals surface area (Å²) in [5.41, 5.74) is 8.67. The molecule has 14 heteroatoms. The summed E-state index contributed by atoms with van der Waals surface area (Å²) in [6, 6.07) is 21.0. The molecule has 55 heavy (non-hydrogen) atoms. The second-order valence-corrected chi connectivity index (χ2v) is 13.4. The monoisotopic (exact) mass is 765 g/mol. The van der Waals surface area contributed by atoms with Crippen LogP contribution in [0.15, 0.2) is 72.8 Å². The number of carboxylic acids is 1. The number of aliphatic carboxylic acids is 1. The third-order valence-corrected chi connectivity index (χ3v) is 7.85. The number of aryl methyl sites for hydroxylation is 2. The van der Waals surface area contributed by atoms with Gasteiger partial charge in [0.2, 0.25) is 5.91 Å². The molecule has 0 aliphatic carbocycles. The number of methoxy groups -OCH3 is 1. The van der Waals surface area contributed by atoms with E-state index in [4.69, 9.17) is 34.5 Å². The molecule has 0 saturated heterocycles. The number of hydrogen-bond donors (Lipinski definition) is 3. The highest BCUT2D eigenvalue weighted by molar-refractivity contribution is 5.81. The minimum Gasteiger partial charge on any atom is -0.497 e. The predicted molar refractivity (Wildman–Crippen MR) is 205 cm³/mol. The van der Waals surface area contributed by atoms with Crippen molar-refractivity contribution in [3.05, 3.63) is 89.5 Å². The molecule has 0 unspecified atom stereocenters. The minimum atomic E-state index is -1.09. The van der Waals surface area contributed by atoms with Crippen LogP contribution < -0.4 is 25.4 Å². The summed E-state index contributed by atoms with van der Waals surface area (Å²) in [4.78, 5) is 58.3. The molecular formula is C41H55N3O11. The number of nitrogens with one attached hydrogen (secondary N) is 1. The van der Waals surface area contributed by atoms with Crippen molar-refractivity contribution in [1.29, 1.82) is 0 Å². The molecule has 300 valence electrons. The van der Waals surface area contributed by atoms with E-state index < -0.39 is 35.1 Å². The molecule has 0 fully saturated rings. The number of nitrogens with two attached hydrogens (primary N) is 1. The van der Waals surface area contributed by atoms with Gasteiger partial charge in [-0.3, -0.25) is 15.0 Å². The fourth-order valence-electron chi connectivity index (χ4n) is 4.96. The zero-order chi connectivity index (χ0) is 41.0. The number of carbonyl (C=O) groups is 5. The topological polar surface area (TPSA) is 193 Å². The summed E-state index contributed by atoms with van der Waals surface area (Å²) in [6.07, 6.45) is 2.91. The number of carbonyl (C=O) groups excluding carboxylic acids is 4. The lowest BCUT2D eigenvalue weighted by Gasteiger charge is -2.24. The summed E-state index contributed by atoms with van der Waals surface area (Å²) >= 11 is 0. The van der Waals surface area contributed by atoms with E-state index >= 15 is 0 Å². The van der Waals surface area contributed by atoms with E-state index in [2.05, 4.69) is 5.43 Å². The van der Waals surface area contributed by atoms with Gasteiger partial charge in [0.1, 0.15) is 17.2 Å². The van der Waals surface area contributed by atoms with Gasteiger partial charge in [0.15, 0.2) is 11.2 Å². The van der Waals surface area contributed by atoms with Crippen molar-refractivity contribution in [3.63, 3.8) is 0 Å². The summed E-state index contributed by atoms with van der Waals surface area (Å²) in [5.74, 6) is -0.153. The number of benzene rings is 3. The Bertz CT molecular complexity index is 1690. The van der Waals surface area contributed by atoms with Crippen molar-refractivity contribution in [2.75, 3.05) is 20.3 Å². The molecule has 0 spiro atoms. The number of amides is 3. The number of hydrogen-bond acceptors (Lipinski definition) is 10. The van der Waals surface area contributed by atoms with Crippen LogP contribution in [-0.2, 0) is 48.0 Å². The molecule has 0 heterocycles. The van der Waals surface area contributed by atoms with E-state index in [1.807, 2.05) is 30.3 Å². The van der Waals surface area contributed by atoms with Crippen LogP contribution in [0.1, 0.15) is 83.9 Å². The highest BCUT2D eigenvalue weighted by Crippen LogP contribution is 2.22. The van der Waals surface area contributed by atoms with Crippen LogP contribution in [0.2, 0.25) is 0 Å². The molecular weight excluding hydrogens is 710 g/mol. The molecule has 4 N–H and O–H groups in total. The Kier molecular flexibility index (Phi) is 18.5. The van der Waals surface area contributed by atoms with Gasteiger partial charge < -0.3 is 34.5 Å². The van der Waals surface area contributed by atoms with Gasteiger partial charge in [-0.15, -0.1) is 0 Å². The van der Waals surface area contributed by atoms with Crippen molar-refractivity contribution in [2.45, 2.75) is 97.8 Å². The molecule has 3 amide bonds. The van der Waals surface area contributed by atoms with Crippen LogP contribution in [-0.4, -0.2) is 71.5 Å². The normalized spacial score (nSPS) is 10.9. The molecule has 0 radical (unpaired) electrons. The Morgan fingerprint density at radius 1 is 0.691 bits per heavy atom. The molecule has 0 saturated carbocycles. The second-order valence-electron chi connectivity index (χ2n) is 13.4. The van der Waals surface area contributed by atoms with Gasteiger partial charge in [0.05, 0.1) is 26.9 Å². The SMILES string of the molecule is CCOC(=O)C(C)(C)Oc1ccc(CCCC(=O)NN(Cc2cccc(OC)c2)C(N)=O)cc1.CCOC(=O)C(C)(C)Oc1ccc(CCCC(=O)O)cc1. The molecule has 14 nitrogen and oxygen atoms in total. The zero-order valence-electron chi connectivity index (χ0n) is 32.8. The number of nitrogens with zero attached hydrogens (tertiary/aromatic N) is 1. The molecule has 0 aromatic heterocycles. The van der Waals surface area contributed by atoms with Gasteiger partial charge in [-0.05, 0) is 120 Å². The first-order valence-electron chi connectivity index (χ1n) is 18.1. The van der Waals surface area contributed by atoms with E-state index in [1.165, 1.54) is 0 Å². The number of carboxylic acid groups (broad SMARTS) is 1. The Hall–Kier alpha value is -5.79. The van der Waals surface area contributed by atoms with Crippen molar-refractivity contribution in [2.24, 2.45) is 5.73 Å². The summed E-state index contributed by atoms with van der Waals surface area (Å²) in [7, 11) is 1.55. The van der Waals surface area contributed by atoms with Crippen molar-refractivity contribution >= 4 is 29.8 Å². The van der Waals surface area contributed by atoms with Crippen LogP contribution in [0.4, 0.5) is 4.79 Å². The summed E-state index contributed by atoms with van der Waals surface area (Å²) in [5, 5.41) is 9.67. The first-order valence-corrected chi connectivity index (χ1v) is 18.1. The van der Waals surface area contributed by atoms with Crippen molar-refractivity contribution in [1.82, 2.24) is 10.4 Å². The van der Waals surface area contributed by atoms with Gasteiger partial charge >= 0.3 is 23.9 Å². The molecule has 3 aromatic rings. The Balaban J connectivity index is 0.000000426. The van der Waals surface area contributed by atoms with E-state index in [1.54, 1.807) is 91.1 Å². The number of esters is 2. The quantitative estimate of drug-likeness (QED) is 0.0934. The van der Waals surface area contributed by atoms with Crippen LogP contribution in [0.3, 0.4) is 0 Å². The first kappa shape index (κ1) is 45.4. The summed E-state index contributed by atoms with van der Waals surface area (Å²) in [6.45, 7) is 10.8. The average molecular weight is 766 g/mol. The highest BCUT2D eigenvalue weighted by Gasteiger charge is 2.32. The lowest BCUT2D eigenvalue weighted by atomic mass is 10.1. The maximum Gasteiger partial charge on any atom is 0.349 e. The lowest BCUT2D eigenvalue weighted by Crippen LogP contribution is -2.48. The molecule has 0 atom stereocenters. The number of ether oxygens (including phenoxy) is 5. The molecule has 3 rings (SSSR count). The van der Waals surface area contributed by atoms with Crippen LogP contribution in [0, 0.1) is 0 Å². The molecule has 0 aliphatic rings. The average Bonchev–Trinajstić information content (AvgIpc) is 3.13. The van der Waals surface area contributed by atoms with Gasteiger partial charge in [-0.1, -0.05) is 36.4 Å². The van der Waals surface area contributed by atoms with Crippen LogP contribution in [0.5, 0.6) is 17.2 Å². The Morgan fingerprint density at radius 2 is 1.16 bits per heavy atom. The highest BCUT2D eigenvalue weighted by atomic mass is 16.6. The largest absolute Gasteiger partial charge is 0.497 e. The van der Waals surface area contributed by atoms with Crippen molar-refractivity contribution in [3.8, 4) is 17.2 Å². The number of rotatable bonds is 19. The van der Waals surface area contributed by atoms with E-state index in [0.29, 0.717) is 49.5 Å². The Labute approximate surface area is 323 Å². The summed E-state index contributed by atoms with van der Waals surface area (Å²) < 4.78 is 26.5. The fraction of sp³-hybridized carbons (Fsp3) is 0.439. The van der Waals surface area contributed by atoms with E-state index in [9.17, 15) is 24.0 Å². The number of hydrazine groups is 1. The minimum absolute atomic E-state index is 0.127. The van der Waals surface area contributed by atoms with E-state index in [-0.39, 0.29) is 31.9 Å². The third-order valence-electron chi connectivity index (χ3n) is 7.85. The van der Waals surface area contributed by atoms with Crippen molar-refractivity contribution < 1.29 is 52.8 Å². The zero-order valence-corrected chi connectivity index (χ0v) is 32.8. The maximum absolute atomic E-state index is 12.3. The third kappa shape index (κ3) is 16.8. The van der Waals surface area contributed by atoms with Gasteiger partial charge in [0, 0.05) is 12.8 Å². The van der Waals surface area contributed by atoms with Gasteiger partial charge in [0.25, 0.3) is 0 Å². The predicted octanol–water partition coefficient (Wildman–Crippen LogP) is 6.16. The lowest BCUT2D eigenvalue weighted by molar-refractivity contribution is -0.159. The Morgan fingerprint density at radius 3 is 1.58 bits per heavy atom. The van der Waals surface area contributed by atoms with Gasteiger partial charge in [-0.25, -0.2) is 19.4 Å². The fourth-order valence-corrected chi connectivity index (χ4v) is 4.96. The smallest absolute Gasteiger partial charge is 0.349 e. The second kappa shape index (κ2) is 22.4. The molecule has 3 aromatic carbocycles. The number of primary amides is 1. The molecule has 0 aliphatic heterocycles. The molecule has 0 bridgehead atoms. The maximum atomic E-state index is 12.3.